The summed E-state index contributed by atoms with van der Waals surface area (Å²) in [5, 5.41) is 0. The zero-order chi connectivity index (χ0) is 9.00. The van der Waals surface area contributed by atoms with Gasteiger partial charge in [-0.05, 0) is 0 Å². The van der Waals surface area contributed by atoms with Gasteiger partial charge in [0.15, 0.2) is 0 Å². The van der Waals surface area contributed by atoms with Crippen LogP contribution in [-0.4, -0.2) is 7.25 Å². The van der Waals surface area contributed by atoms with Crippen LogP contribution in [0.25, 0.3) is 0 Å². The van der Waals surface area contributed by atoms with E-state index < -0.39 is 17.5 Å². The van der Waals surface area contributed by atoms with Gasteiger partial charge in [-0.1, -0.05) is 0 Å². The summed E-state index contributed by atoms with van der Waals surface area (Å²) in [5.74, 6) is 0. The number of halogens is 5. The minimum Gasteiger partial charge on any atom is -0.418 e. The molecule has 0 amide bonds. The molecule has 0 rings (SSSR count). The summed E-state index contributed by atoms with van der Waals surface area (Å²) in [7, 11) is -10.9. The van der Waals surface area contributed by atoms with Crippen molar-refractivity contribution in [2.24, 2.45) is 0 Å². The normalized spacial score (nSPS) is 10.0. The maximum atomic E-state index is 9.75. The molecule has 0 fully saturated rings. The van der Waals surface area contributed by atoms with Gasteiger partial charge in [0, 0.05) is 0 Å². The Balaban J connectivity index is -0.0000000457. The van der Waals surface area contributed by atoms with Gasteiger partial charge in [-0.3, -0.25) is 0 Å². The molecular formula is BClF4Li2O4. The predicted molar refractivity (Wildman–Crippen MR) is 10.2 cm³/mol. The molecule has 64 valence electrons. The molecule has 0 N–H and O–H groups in total. The molecule has 0 aromatic rings. The molecule has 0 aliphatic rings. The first-order chi connectivity index (χ1) is 4.00. The standard InChI is InChI=1S/BF4.ClHO4.2Li/c2*2-1(3,4)5;;/h;(H,2,3,4,5);;/q-1;;2*+1/p-1. The summed E-state index contributed by atoms with van der Waals surface area (Å²) in [6.45, 7) is 0. The van der Waals surface area contributed by atoms with Crippen LogP contribution in [0.4, 0.5) is 17.3 Å². The Hall–Kier alpha value is 1.11. The molecule has 0 bridgehead atoms. The van der Waals surface area contributed by atoms with Crippen LogP contribution in [0.2, 0.25) is 0 Å². The third-order valence-electron chi connectivity index (χ3n) is 0. The van der Waals surface area contributed by atoms with Crippen molar-refractivity contribution in [1.29, 1.82) is 0 Å². The maximum absolute atomic E-state index is 9.75. The zero-order valence-electron chi connectivity index (χ0n) is 6.10. The van der Waals surface area contributed by atoms with Crippen LogP contribution in [0.3, 0.4) is 0 Å². The van der Waals surface area contributed by atoms with Crippen molar-refractivity contribution in [2.75, 3.05) is 0 Å². The number of rotatable bonds is 0. The summed E-state index contributed by atoms with van der Waals surface area (Å²) in [5.41, 5.74) is 0. The van der Waals surface area contributed by atoms with Crippen LogP contribution in [0, 0.1) is 10.2 Å². The minimum atomic E-state index is -6.00. The molecule has 0 radical (unpaired) electrons. The monoisotopic (exact) mass is 200 g/mol. The van der Waals surface area contributed by atoms with E-state index in [9.17, 15) is 17.3 Å². The smallest absolute Gasteiger partial charge is 0.418 e. The summed E-state index contributed by atoms with van der Waals surface area (Å²) in [4.78, 5) is 0. The zero-order valence-corrected chi connectivity index (χ0v) is 6.86. The fourth-order valence-electron chi connectivity index (χ4n) is 0. The van der Waals surface area contributed by atoms with E-state index in [0.717, 1.165) is 0 Å². The Labute approximate surface area is 91.1 Å². The molecule has 0 aromatic carbocycles. The van der Waals surface area contributed by atoms with Crippen LogP contribution in [-0.2, 0) is 0 Å². The first-order valence-corrected chi connectivity index (χ1v) is 2.72. The molecule has 0 aromatic heterocycles. The van der Waals surface area contributed by atoms with E-state index in [1.165, 1.54) is 0 Å². The number of hydrogen-bond donors (Lipinski definition) is 0. The molecule has 0 atom stereocenters. The second kappa shape index (κ2) is 8.70. The van der Waals surface area contributed by atoms with Gasteiger partial charge in [-0.15, -0.1) is 10.2 Å². The quantitative estimate of drug-likeness (QED) is 0.286. The fourth-order valence-corrected chi connectivity index (χ4v) is 0. The Morgan fingerprint density at radius 1 is 0.750 bits per heavy atom. The summed E-state index contributed by atoms with van der Waals surface area (Å²) < 4.78 is 73.0. The van der Waals surface area contributed by atoms with E-state index >= 15 is 0 Å². The number of hydrogen-bond acceptors (Lipinski definition) is 4. The second-order valence-electron chi connectivity index (χ2n) is 0.873. The van der Waals surface area contributed by atoms with Crippen molar-refractivity contribution in [2.45, 2.75) is 0 Å². The van der Waals surface area contributed by atoms with Crippen molar-refractivity contribution in [1.82, 2.24) is 0 Å². The van der Waals surface area contributed by atoms with Gasteiger partial charge in [0.1, 0.15) is 0 Å². The molecule has 0 heterocycles. The third kappa shape index (κ3) is 922. The average molecular weight is 200 g/mol. The van der Waals surface area contributed by atoms with Crippen molar-refractivity contribution in [3.05, 3.63) is 0 Å². The Kier molecular flexibility index (Phi) is 16.8. The molecule has 0 aliphatic carbocycles. The van der Waals surface area contributed by atoms with Crippen molar-refractivity contribution in [3.8, 4) is 0 Å². The average Bonchev–Trinajstić information content (AvgIpc) is 1.12. The van der Waals surface area contributed by atoms with Crippen molar-refractivity contribution in [3.63, 3.8) is 0 Å². The van der Waals surface area contributed by atoms with Crippen molar-refractivity contribution < 1.29 is 83.9 Å². The van der Waals surface area contributed by atoms with E-state index in [0.29, 0.717) is 0 Å². The first kappa shape index (κ1) is 23.2. The maximum Gasteiger partial charge on any atom is 1.00 e. The van der Waals surface area contributed by atoms with Gasteiger partial charge in [0.25, 0.3) is 0 Å². The van der Waals surface area contributed by atoms with Crippen LogP contribution in [0.1, 0.15) is 0 Å². The molecule has 4 nitrogen and oxygen atoms in total. The van der Waals surface area contributed by atoms with Gasteiger partial charge in [0.2, 0.25) is 0 Å². The van der Waals surface area contributed by atoms with Gasteiger partial charge < -0.3 is 17.3 Å². The van der Waals surface area contributed by atoms with Gasteiger partial charge in [0.05, 0.1) is 0 Å². The summed E-state index contributed by atoms with van der Waals surface area (Å²) in [6.07, 6.45) is 0. The largest absolute Gasteiger partial charge is 1.00 e. The Bertz CT molecular complexity index is 68.0. The van der Waals surface area contributed by atoms with E-state index in [1.807, 2.05) is 0 Å². The van der Waals surface area contributed by atoms with Crippen LogP contribution in [0.5, 0.6) is 0 Å². The van der Waals surface area contributed by atoms with Gasteiger partial charge in [-0.2, -0.15) is 0 Å². The summed E-state index contributed by atoms with van der Waals surface area (Å²) >= 11 is 0. The van der Waals surface area contributed by atoms with Crippen LogP contribution < -0.4 is 56.4 Å². The molecule has 0 unspecified atom stereocenters. The van der Waals surface area contributed by atoms with Crippen LogP contribution >= 0.6 is 0 Å². The molecule has 0 aliphatic heterocycles. The van der Waals surface area contributed by atoms with E-state index in [4.69, 9.17) is 18.6 Å². The molecular weight excluding hydrogens is 200 g/mol. The second-order valence-corrected chi connectivity index (χ2v) is 1.63. The molecule has 0 spiro atoms. The minimum absolute atomic E-state index is 0. The SMILES string of the molecule is F[B-](F)(F)F.[Li+].[Li+].[O-][Cl+3]([O-])([O-])[O-]. The molecule has 12 heavy (non-hydrogen) atoms. The Morgan fingerprint density at radius 2 is 0.750 bits per heavy atom. The molecule has 0 saturated heterocycles. The first-order valence-electron chi connectivity index (χ1n) is 1.49. The van der Waals surface area contributed by atoms with E-state index in [-0.39, 0.29) is 37.7 Å². The summed E-state index contributed by atoms with van der Waals surface area (Å²) in [6, 6.07) is 0. The fraction of sp³-hybridized carbons (Fsp3) is 0. The topological polar surface area (TPSA) is 92.2 Å². The molecule has 0 saturated carbocycles. The van der Waals surface area contributed by atoms with Gasteiger partial charge >= 0.3 is 45.0 Å². The third-order valence-corrected chi connectivity index (χ3v) is 0. The molecule has 12 heteroatoms. The van der Waals surface area contributed by atoms with E-state index in [1.54, 1.807) is 0 Å². The van der Waals surface area contributed by atoms with Crippen molar-refractivity contribution >= 4 is 7.25 Å². The van der Waals surface area contributed by atoms with Gasteiger partial charge in [-0.25, -0.2) is 18.6 Å². The Morgan fingerprint density at radius 3 is 0.750 bits per heavy atom. The van der Waals surface area contributed by atoms with Crippen LogP contribution in [0.15, 0.2) is 0 Å². The predicted octanol–water partition coefficient (Wildman–Crippen LogP) is -9.45. The van der Waals surface area contributed by atoms with E-state index in [2.05, 4.69) is 0 Å².